The molecule has 158 valence electrons. The van der Waals surface area contributed by atoms with Crippen LogP contribution in [0.4, 0.5) is 0 Å². The van der Waals surface area contributed by atoms with Gasteiger partial charge in [0.2, 0.25) is 5.91 Å². The highest BCUT2D eigenvalue weighted by atomic mass is 16.3. The van der Waals surface area contributed by atoms with Gasteiger partial charge in [0.25, 0.3) is 5.91 Å². The van der Waals surface area contributed by atoms with Gasteiger partial charge in [-0.2, -0.15) is 0 Å². The van der Waals surface area contributed by atoms with Gasteiger partial charge in [-0.05, 0) is 49.8 Å². The van der Waals surface area contributed by atoms with Crippen molar-refractivity contribution in [3.8, 4) is 11.5 Å². The molecule has 2 saturated heterocycles. The van der Waals surface area contributed by atoms with Crippen molar-refractivity contribution < 1.29 is 19.8 Å². The van der Waals surface area contributed by atoms with Crippen LogP contribution in [0.25, 0.3) is 0 Å². The first kappa shape index (κ1) is 20.3. The molecule has 2 aliphatic rings. The number of amides is 2. The Balaban J connectivity index is 1.40. The highest BCUT2D eigenvalue weighted by molar-refractivity contribution is 6.00. The summed E-state index contributed by atoms with van der Waals surface area (Å²) in [5.41, 5.74) is 0.648. The average Bonchev–Trinajstić information content (AvgIpc) is 3.17. The number of carbonyl (C=O) groups excluding carboxylic acids is 2. The fourth-order valence-corrected chi connectivity index (χ4v) is 4.81. The Bertz CT molecular complexity index is 910. The van der Waals surface area contributed by atoms with Gasteiger partial charge in [0.1, 0.15) is 17.1 Å². The molecule has 0 aliphatic carbocycles. The number of hydrogen-bond donors (Lipinski definition) is 2. The summed E-state index contributed by atoms with van der Waals surface area (Å²) in [6.45, 7) is 2.29. The van der Waals surface area contributed by atoms with E-state index in [-0.39, 0.29) is 23.0 Å². The van der Waals surface area contributed by atoms with Gasteiger partial charge in [-0.1, -0.05) is 36.4 Å². The van der Waals surface area contributed by atoms with E-state index in [4.69, 9.17) is 0 Å². The van der Waals surface area contributed by atoms with E-state index >= 15 is 0 Å². The Morgan fingerprint density at radius 3 is 2.43 bits per heavy atom. The predicted molar refractivity (Wildman–Crippen MR) is 113 cm³/mol. The average molecular weight is 408 g/mol. The lowest BCUT2D eigenvalue weighted by Gasteiger charge is -2.39. The van der Waals surface area contributed by atoms with Crippen LogP contribution < -0.4 is 0 Å². The lowest BCUT2D eigenvalue weighted by molar-refractivity contribution is -0.145. The van der Waals surface area contributed by atoms with Crippen LogP contribution in [-0.2, 0) is 11.2 Å². The normalized spacial score (nSPS) is 21.4. The first-order chi connectivity index (χ1) is 14.5. The summed E-state index contributed by atoms with van der Waals surface area (Å²) in [5.74, 6) is -0.757. The molecule has 2 fully saturated rings. The van der Waals surface area contributed by atoms with Crippen LogP contribution in [-0.4, -0.2) is 58.0 Å². The minimum atomic E-state index is -0.541. The number of carbonyl (C=O) groups is 2. The van der Waals surface area contributed by atoms with Gasteiger partial charge in [0.05, 0.1) is 5.41 Å². The largest absolute Gasteiger partial charge is 0.507 e. The molecule has 2 N–H and O–H groups in total. The number of hydrogen-bond acceptors (Lipinski definition) is 4. The number of benzene rings is 2. The lowest BCUT2D eigenvalue weighted by Crippen LogP contribution is -2.50. The quantitative estimate of drug-likeness (QED) is 0.796. The molecular weight excluding hydrogens is 380 g/mol. The van der Waals surface area contributed by atoms with E-state index in [9.17, 15) is 19.8 Å². The van der Waals surface area contributed by atoms with E-state index in [1.165, 1.54) is 23.8 Å². The summed E-state index contributed by atoms with van der Waals surface area (Å²) in [7, 11) is 0. The van der Waals surface area contributed by atoms with Gasteiger partial charge >= 0.3 is 0 Å². The van der Waals surface area contributed by atoms with Crippen molar-refractivity contribution in [2.75, 3.05) is 26.2 Å². The van der Waals surface area contributed by atoms with Crippen LogP contribution in [0.2, 0.25) is 0 Å². The fraction of sp³-hybridized carbons (Fsp3) is 0.417. The molecule has 1 spiro atoms. The van der Waals surface area contributed by atoms with Crippen molar-refractivity contribution >= 4 is 11.8 Å². The molecule has 0 aromatic heterocycles. The van der Waals surface area contributed by atoms with Crippen LogP contribution in [0.3, 0.4) is 0 Å². The second-order valence-corrected chi connectivity index (χ2v) is 8.41. The Hall–Kier alpha value is -3.02. The SMILES string of the molecule is O=C(c1c(O)cccc1O)N1CCC2(CCCN(CCCc3ccccc3)C2=O)C1. The molecule has 2 aromatic rings. The first-order valence-corrected chi connectivity index (χ1v) is 10.6. The number of phenols is 2. The molecule has 6 nitrogen and oxygen atoms in total. The molecule has 0 bridgehead atoms. The molecule has 30 heavy (non-hydrogen) atoms. The molecule has 0 saturated carbocycles. The second kappa shape index (κ2) is 8.38. The molecule has 0 radical (unpaired) electrons. The Morgan fingerprint density at radius 2 is 1.70 bits per heavy atom. The molecule has 4 rings (SSSR count). The molecule has 2 amide bonds. The number of aryl methyl sites for hydroxylation is 1. The minimum Gasteiger partial charge on any atom is -0.507 e. The summed E-state index contributed by atoms with van der Waals surface area (Å²) in [5, 5.41) is 20.1. The summed E-state index contributed by atoms with van der Waals surface area (Å²) >= 11 is 0. The monoisotopic (exact) mass is 408 g/mol. The molecule has 2 aliphatic heterocycles. The van der Waals surface area contributed by atoms with E-state index in [0.29, 0.717) is 19.5 Å². The summed E-state index contributed by atoms with van der Waals surface area (Å²) in [6.07, 6.45) is 4.19. The van der Waals surface area contributed by atoms with Crippen LogP contribution in [0, 0.1) is 5.41 Å². The van der Waals surface area contributed by atoms with E-state index in [1.54, 1.807) is 4.90 Å². The fourth-order valence-electron chi connectivity index (χ4n) is 4.81. The number of likely N-dealkylation sites (tertiary alicyclic amines) is 2. The van der Waals surface area contributed by atoms with E-state index in [0.717, 1.165) is 38.8 Å². The van der Waals surface area contributed by atoms with Crippen molar-refractivity contribution in [2.24, 2.45) is 5.41 Å². The van der Waals surface area contributed by atoms with Gasteiger partial charge in [-0.15, -0.1) is 0 Å². The zero-order chi connectivity index (χ0) is 21.1. The van der Waals surface area contributed by atoms with Gasteiger partial charge in [-0.25, -0.2) is 0 Å². The highest BCUT2D eigenvalue weighted by Crippen LogP contribution is 2.41. The Kier molecular flexibility index (Phi) is 5.66. The van der Waals surface area contributed by atoms with Crippen LogP contribution in [0.5, 0.6) is 11.5 Å². The summed E-state index contributed by atoms with van der Waals surface area (Å²) in [6, 6.07) is 14.5. The zero-order valence-corrected chi connectivity index (χ0v) is 17.1. The van der Waals surface area contributed by atoms with Crippen LogP contribution in [0.1, 0.15) is 41.6 Å². The highest BCUT2D eigenvalue weighted by Gasteiger charge is 2.49. The van der Waals surface area contributed by atoms with Crippen molar-refractivity contribution in [3.63, 3.8) is 0 Å². The van der Waals surface area contributed by atoms with Crippen LogP contribution >= 0.6 is 0 Å². The maximum absolute atomic E-state index is 13.3. The standard InChI is InChI=1S/C24H28N2O4/c27-19-10-4-11-20(28)21(19)22(29)26-16-13-24(17-26)12-6-15-25(23(24)30)14-5-9-18-7-2-1-3-8-18/h1-4,7-8,10-11,27-28H,5-6,9,12-17H2. The molecule has 2 aromatic carbocycles. The van der Waals surface area contributed by atoms with E-state index < -0.39 is 11.3 Å². The van der Waals surface area contributed by atoms with Crippen molar-refractivity contribution in [1.29, 1.82) is 0 Å². The Morgan fingerprint density at radius 1 is 0.967 bits per heavy atom. The summed E-state index contributed by atoms with van der Waals surface area (Å²) in [4.78, 5) is 29.8. The lowest BCUT2D eigenvalue weighted by atomic mass is 9.78. The number of piperidine rings is 1. The minimum absolute atomic E-state index is 0.0856. The Labute approximate surface area is 176 Å². The van der Waals surface area contributed by atoms with Gasteiger partial charge < -0.3 is 20.0 Å². The number of rotatable bonds is 5. The van der Waals surface area contributed by atoms with Crippen molar-refractivity contribution in [3.05, 3.63) is 59.7 Å². The number of aromatic hydroxyl groups is 2. The topological polar surface area (TPSA) is 81.1 Å². The third kappa shape index (κ3) is 3.86. The van der Waals surface area contributed by atoms with Gasteiger partial charge in [-0.3, -0.25) is 9.59 Å². The molecule has 1 unspecified atom stereocenters. The zero-order valence-electron chi connectivity index (χ0n) is 17.1. The second-order valence-electron chi connectivity index (χ2n) is 8.41. The third-order valence-electron chi connectivity index (χ3n) is 6.44. The first-order valence-electron chi connectivity index (χ1n) is 10.6. The predicted octanol–water partition coefficient (Wildman–Crippen LogP) is 3.19. The van der Waals surface area contributed by atoms with Crippen molar-refractivity contribution in [1.82, 2.24) is 9.80 Å². The van der Waals surface area contributed by atoms with Gasteiger partial charge in [0, 0.05) is 26.2 Å². The maximum Gasteiger partial charge on any atom is 0.261 e. The van der Waals surface area contributed by atoms with Crippen LogP contribution in [0.15, 0.2) is 48.5 Å². The smallest absolute Gasteiger partial charge is 0.261 e. The van der Waals surface area contributed by atoms with E-state index in [1.807, 2.05) is 23.1 Å². The molecular formula is C24H28N2O4. The number of nitrogens with zero attached hydrogens (tertiary/aromatic N) is 2. The van der Waals surface area contributed by atoms with Crippen molar-refractivity contribution in [2.45, 2.75) is 32.1 Å². The molecule has 6 heteroatoms. The summed E-state index contributed by atoms with van der Waals surface area (Å²) < 4.78 is 0. The molecule has 2 heterocycles. The maximum atomic E-state index is 13.3. The number of phenolic OH excluding ortho intramolecular Hbond substituents is 2. The van der Waals surface area contributed by atoms with E-state index in [2.05, 4.69) is 12.1 Å². The molecule has 1 atom stereocenters. The third-order valence-corrected chi connectivity index (χ3v) is 6.44. The van der Waals surface area contributed by atoms with Gasteiger partial charge in [0.15, 0.2) is 0 Å².